The largest absolute Gasteiger partial charge is 0.508 e. The average Bonchev–Trinajstić information content (AvgIpc) is 2.49. The van der Waals surface area contributed by atoms with Gasteiger partial charge >= 0.3 is 0 Å². The molecule has 0 saturated carbocycles. The Hall–Kier alpha value is -1.71. The summed E-state index contributed by atoms with van der Waals surface area (Å²) in [6.45, 7) is 4.21. The molecule has 0 atom stereocenters. The van der Waals surface area contributed by atoms with Crippen molar-refractivity contribution in [2.75, 3.05) is 6.54 Å². The predicted molar refractivity (Wildman–Crippen MR) is 85.9 cm³/mol. The molecule has 2 rings (SSSR count). The maximum Gasteiger partial charge on any atom is 0.125 e. The van der Waals surface area contributed by atoms with Crippen molar-refractivity contribution >= 4 is 11.6 Å². The van der Waals surface area contributed by atoms with Crippen molar-refractivity contribution in [1.29, 1.82) is 0 Å². The third-order valence-electron chi connectivity index (χ3n) is 3.14. The van der Waals surface area contributed by atoms with E-state index in [0.29, 0.717) is 18.2 Å². The van der Waals surface area contributed by atoms with E-state index in [0.717, 1.165) is 29.8 Å². The molecular weight excluding hydrogens is 286 g/mol. The monoisotopic (exact) mass is 305 g/mol. The number of hydrogen-bond acceptors (Lipinski definition) is 3. The number of phenolic OH excluding ortho intramolecular Hbond substituents is 1. The highest BCUT2D eigenvalue weighted by molar-refractivity contribution is 6.31. The first-order valence-corrected chi connectivity index (χ1v) is 7.47. The van der Waals surface area contributed by atoms with Crippen LogP contribution < -0.4 is 10.1 Å². The lowest BCUT2D eigenvalue weighted by Gasteiger charge is -2.13. The molecule has 0 amide bonds. The van der Waals surface area contributed by atoms with Gasteiger partial charge < -0.3 is 15.2 Å². The fourth-order valence-electron chi connectivity index (χ4n) is 1.99. The molecule has 0 heterocycles. The number of hydrogen-bond donors (Lipinski definition) is 2. The van der Waals surface area contributed by atoms with Crippen LogP contribution in [-0.2, 0) is 13.2 Å². The van der Waals surface area contributed by atoms with Crippen molar-refractivity contribution in [1.82, 2.24) is 5.32 Å². The number of nitrogens with one attached hydrogen (secondary N) is 1. The molecule has 3 nitrogen and oxygen atoms in total. The molecule has 0 aliphatic carbocycles. The highest BCUT2D eigenvalue weighted by atomic mass is 35.5. The lowest BCUT2D eigenvalue weighted by Crippen LogP contribution is -2.15. The summed E-state index contributed by atoms with van der Waals surface area (Å²) in [6, 6.07) is 12.7. The van der Waals surface area contributed by atoms with Crippen LogP contribution in [0.2, 0.25) is 5.02 Å². The Labute approximate surface area is 130 Å². The summed E-state index contributed by atoms with van der Waals surface area (Å²) in [6.07, 6.45) is 1.08. The molecule has 0 aliphatic rings. The molecule has 0 bridgehead atoms. The molecule has 2 aromatic rings. The fourth-order valence-corrected chi connectivity index (χ4v) is 2.22. The van der Waals surface area contributed by atoms with E-state index >= 15 is 0 Å². The van der Waals surface area contributed by atoms with Gasteiger partial charge in [-0.2, -0.15) is 0 Å². The molecule has 0 unspecified atom stereocenters. The summed E-state index contributed by atoms with van der Waals surface area (Å²) in [7, 11) is 0. The number of aromatic hydroxyl groups is 1. The minimum Gasteiger partial charge on any atom is -0.508 e. The van der Waals surface area contributed by atoms with Crippen LogP contribution in [0.15, 0.2) is 42.5 Å². The number of halogens is 1. The van der Waals surface area contributed by atoms with Crippen LogP contribution in [0.25, 0.3) is 0 Å². The van der Waals surface area contributed by atoms with Gasteiger partial charge in [0.25, 0.3) is 0 Å². The summed E-state index contributed by atoms with van der Waals surface area (Å²) in [5.74, 6) is 1.05. The number of benzene rings is 2. The van der Waals surface area contributed by atoms with E-state index in [9.17, 15) is 5.11 Å². The van der Waals surface area contributed by atoms with E-state index in [1.807, 2.05) is 30.3 Å². The highest BCUT2D eigenvalue weighted by Crippen LogP contribution is 2.27. The molecular formula is C17H20ClNO2. The predicted octanol–water partition coefficient (Wildman–Crippen LogP) is 4.12. The molecule has 4 heteroatoms. The van der Waals surface area contributed by atoms with Gasteiger partial charge in [-0.1, -0.05) is 36.7 Å². The van der Waals surface area contributed by atoms with E-state index in [-0.39, 0.29) is 5.75 Å². The van der Waals surface area contributed by atoms with Gasteiger partial charge in [-0.25, -0.2) is 0 Å². The van der Waals surface area contributed by atoms with Crippen molar-refractivity contribution in [3.63, 3.8) is 0 Å². The smallest absolute Gasteiger partial charge is 0.125 e. The minimum atomic E-state index is 0.256. The van der Waals surface area contributed by atoms with Gasteiger partial charge in [-0.05, 0) is 42.8 Å². The fraction of sp³-hybridized carbons (Fsp3) is 0.294. The highest BCUT2D eigenvalue weighted by Gasteiger charge is 2.08. The summed E-state index contributed by atoms with van der Waals surface area (Å²) in [5.41, 5.74) is 1.98. The van der Waals surface area contributed by atoms with Gasteiger partial charge in [-0.3, -0.25) is 0 Å². The second-order valence-electron chi connectivity index (χ2n) is 4.85. The molecule has 0 saturated heterocycles. The molecule has 2 N–H and O–H groups in total. The van der Waals surface area contributed by atoms with Gasteiger partial charge in [0.05, 0.1) is 0 Å². The van der Waals surface area contributed by atoms with Crippen molar-refractivity contribution < 1.29 is 9.84 Å². The van der Waals surface area contributed by atoms with Crippen LogP contribution in [0, 0.1) is 0 Å². The van der Waals surface area contributed by atoms with Gasteiger partial charge in [0, 0.05) is 17.1 Å². The van der Waals surface area contributed by atoms with Crippen LogP contribution in [0.4, 0.5) is 0 Å². The zero-order valence-corrected chi connectivity index (χ0v) is 12.9. The maximum absolute atomic E-state index is 9.28. The van der Waals surface area contributed by atoms with Crippen LogP contribution in [0.3, 0.4) is 0 Å². The zero-order chi connectivity index (χ0) is 15.1. The SMILES string of the molecule is CCCNCc1c(Cl)cccc1OCc1ccc(O)cc1. The Bertz CT molecular complexity index is 570. The average molecular weight is 306 g/mol. The molecule has 0 spiro atoms. The van der Waals surface area contributed by atoms with Gasteiger partial charge in [0.1, 0.15) is 18.1 Å². The molecule has 2 aromatic carbocycles. The first-order chi connectivity index (χ1) is 10.2. The maximum atomic E-state index is 9.28. The second kappa shape index (κ2) is 7.91. The Morgan fingerprint density at radius 3 is 2.62 bits per heavy atom. The van der Waals surface area contributed by atoms with E-state index in [1.54, 1.807) is 12.1 Å². The number of rotatable bonds is 7. The summed E-state index contributed by atoms with van der Waals surface area (Å²) in [5, 5.41) is 13.3. The van der Waals surface area contributed by atoms with Crippen LogP contribution >= 0.6 is 11.6 Å². The van der Waals surface area contributed by atoms with E-state index in [2.05, 4.69) is 12.2 Å². The standard InChI is InChI=1S/C17H20ClNO2/c1-2-10-19-11-15-16(18)4-3-5-17(15)21-12-13-6-8-14(20)9-7-13/h3-9,19-20H,2,10-12H2,1H3. The van der Waals surface area contributed by atoms with Gasteiger partial charge in [-0.15, -0.1) is 0 Å². The van der Waals surface area contributed by atoms with Crippen molar-refractivity contribution in [3.05, 3.63) is 58.6 Å². The van der Waals surface area contributed by atoms with Crippen LogP contribution in [-0.4, -0.2) is 11.7 Å². The number of ether oxygens (including phenoxy) is 1. The molecule has 21 heavy (non-hydrogen) atoms. The van der Waals surface area contributed by atoms with Gasteiger partial charge in [0.15, 0.2) is 0 Å². The summed E-state index contributed by atoms with van der Waals surface area (Å²) in [4.78, 5) is 0. The van der Waals surface area contributed by atoms with Gasteiger partial charge in [0.2, 0.25) is 0 Å². The zero-order valence-electron chi connectivity index (χ0n) is 12.1. The van der Waals surface area contributed by atoms with Crippen molar-refractivity contribution in [2.45, 2.75) is 26.5 Å². The van der Waals surface area contributed by atoms with Crippen LogP contribution in [0.5, 0.6) is 11.5 Å². The lowest BCUT2D eigenvalue weighted by molar-refractivity contribution is 0.302. The number of phenols is 1. The molecule has 0 fully saturated rings. The molecule has 0 aliphatic heterocycles. The van der Waals surface area contributed by atoms with Crippen molar-refractivity contribution in [3.8, 4) is 11.5 Å². The molecule has 0 radical (unpaired) electrons. The quantitative estimate of drug-likeness (QED) is 0.756. The third kappa shape index (κ3) is 4.66. The molecule has 0 aromatic heterocycles. The Morgan fingerprint density at radius 2 is 1.90 bits per heavy atom. The first kappa shape index (κ1) is 15.7. The first-order valence-electron chi connectivity index (χ1n) is 7.09. The molecule has 112 valence electrons. The third-order valence-corrected chi connectivity index (χ3v) is 3.49. The Morgan fingerprint density at radius 1 is 1.14 bits per heavy atom. The van der Waals surface area contributed by atoms with E-state index < -0.39 is 0 Å². The lowest BCUT2D eigenvalue weighted by atomic mass is 10.2. The normalized spacial score (nSPS) is 10.6. The van der Waals surface area contributed by atoms with Crippen molar-refractivity contribution in [2.24, 2.45) is 0 Å². The Kier molecular flexibility index (Phi) is 5.90. The van der Waals surface area contributed by atoms with E-state index in [1.165, 1.54) is 0 Å². The van der Waals surface area contributed by atoms with Crippen LogP contribution in [0.1, 0.15) is 24.5 Å². The topological polar surface area (TPSA) is 41.5 Å². The minimum absolute atomic E-state index is 0.256. The van der Waals surface area contributed by atoms with E-state index in [4.69, 9.17) is 16.3 Å². The second-order valence-corrected chi connectivity index (χ2v) is 5.26. The summed E-state index contributed by atoms with van der Waals surface area (Å²) < 4.78 is 5.87. The summed E-state index contributed by atoms with van der Waals surface area (Å²) >= 11 is 6.26. The Balaban J connectivity index is 2.04.